The summed E-state index contributed by atoms with van der Waals surface area (Å²) in [6.45, 7) is 5.54. The molecule has 0 aliphatic carbocycles. The average Bonchev–Trinajstić information content (AvgIpc) is 3.77. The van der Waals surface area contributed by atoms with Crippen LogP contribution in [-0.2, 0) is 4.79 Å². The quantitative estimate of drug-likeness (QED) is 0.262. The van der Waals surface area contributed by atoms with Crippen LogP contribution in [0.3, 0.4) is 0 Å². The van der Waals surface area contributed by atoms with Crippen molar-refractivity contribution in [3.63, 3.8) is 0 Å². The Labute approximate surface area is 259 Å². The molecular weight excluding hydrogens is 617 g/mol. The van der Waals surface area contributed by atoms with E-state index in [1.807, 2.05) is 0 Å². The van der Waals surface area contributed by atoms with Gasteiger partial charge >= 0.3 is 6.01 Å². The molecule has 3 fully saturated rings. The molecule has 3 aliphatic rings. The summed E-state index contributed by atoms with van der Waals surface area (Å²) in [5.74, 6) is -1.52. The summed E-state index contributed by atoms with van der Waals surface area (Å²) >= 11 is 7.64. The number of likely N-dealkylation sites (tertiary alicyclic amines) is 1. The number of halogens is 4. The fraction of sp³-hybridized carbons (Fsp3) is 0.400. The molecule has 230 valence electrons. The normalized spacial score (nSPS) is 23.5. The van der Waals surface area contributed by atoms with E-state index in [1.54, 1.807) is 4.90 Å². The first kappa shape index (κ1) is 29.1. The molecule has 2 aromatic heterocycles. The Morgan fingerprint density at radius 1 is 1.23 bits per heavy atom. The Balaban J connectivity index is 1.32. The third-order valence-electron chi connectivity index (χ3n) is 8.75. The molecule has 3 saturated heterocycles. The fourth-order valence-corrected chi connectivity index (χ4v) is 7.76. The molecule has 4 aromatic rings. The van der Waals surface area contributed by atoms with Gasteiger partial charge in [0.15, 0.2) is 10.9 Å². The van der Waals surface area contributed by atoms with Gasteiger partial charge in [0.05, 0.1) is 32.7 Å². The van der Waals surface area contributed by atoms with Crippen molar-refractivity contribution in [3.05, 3.63) is 47.5 Å². The first-order chi connectivity index (χ1) is 21.2. The first-order valence-electron chi connectivity index (χ1n) is 14.3. The van der Waals surface area contributed by atoms with Crippen LogP contribution in [0.4, 0.5) is 18.3 Å². The highest BCUT2D eigenvalue weighted by Crippen LogP contribution is 2.44. The minimum Gasteiger partial charge on any atom is -0.472 e. The molecule has 2 N–H and O–H groups in total. The monoisotopic (exact) mass is 644 g/mol. The van der Waals surface area contributed by atoms with Crippen LogP contribution >= 0.6 is 22.9 Å². The van der Waals surface area contributed by atoms with E-state index in [0.29, 0.717) is 25.9 Å². The number of hydrogen-bond acceptors (Lipinski definition) is 9. The summed E-state index contributed by atoms with van der Waals surface area (Å²) in [4.78, 5) is 29.0. The molecule has 0 unspecified atom stereocenters. The Morgan fingerprint density at radius 3 is 2.89 bits per heavy atom. The summed E-state index contributed by atoms with van der Waals surface area (Å²) in [6, 6.07) is 3.96. The Morgan fingerprint density at radius 2 is 2.07 bits per heavy atom. The smallest absolute Gasteiger partial charge is 0.320 e. The van der Waals surface area contributed by atoms with E-state index in [-0.39, 0.29) is 73.3 Å². The van der Waals surface area contributed by atoms with Gasteiger partial charge in [-0.05, 0) is 43.7 Å². The molecule has 3 atom stereocenters. The van der Waals surface area contributed by atoms with Crippen molar-refractivity contribution in [2.45, 2.75) is 43.5 Å². The zero-order chi connectivity index (χ0) is 30.7. The number of ether oxygens (including phenoxy) is 2. The minimum absolute atomic E-state index is 0.00640. The van der Waals surface area contributed by atoms with E-state index in [9.17, 15) is 13.6 Å². The standard InChI is InChI=1S/C30H28ClF3N6O3S/c1-2-21(41)39-9-6-16(13-39)43-27-18-10-19(31)22(17-4-5-20(33)26-25(17)36-28(35)44-26)23(34)24(18)37-29(38-27)42-14-30-7-3-8-40(30)12-15(32)11-30/h2,4-5,10,15-16H,1,3,6-9,11-14H2,(H2,35,36)/t15-,16+,30+/m1/s1. The largest absolute Gasteiger partial charge is 0.472 e. The Kier molecular flexibility index (Phi) is 7.29. The number of nitrogens with two attached hydrogens (primary N) is 1. The number of carbonyl (C=O) groups excluding carboxylic acids is 1. The molecule has 44 heavy (non-hydrogen) atoms. The fourth-order valence-electron chi connectivity index (χ4n) is 6.70. The van der Waals surface area contributed by atoms with Gasteiger partial charge in [0.1, 0.15) is 30.2 Å². The van der Waals surface area contributed by atoms with Crippen LogP contribution < -0.4 is 15.2 Å². The lowest BCUT2D eigenvalue weighted by molar-refractivity contribution is -0.125. The van der Waals surface area contributed by atoms with E-state index in [1.165, 1.54) is 24.3 Å². The molecular formula is C30H28ClF3N6O3S. The molecule has 0 saturated carbocycles. The van der Waals surface area contributed by atoms with E-state index in [4.69, 9.17) is 26.8 Å². The van der Waals surface area contributed by atoms with E-state index >= 15 is 4.39 Å². The van der Waals surface area contributed by atoms with Gasteiger partial charge < -0.3 is 20.1 Å². The van der Waals surface area contributed by atoms with Crippen LogP contribution in [0, 0.1) is 11.6 Å². The van der Waals surface area contributed by atoms with Crippen molar-refractivity contribution >= 4 is 55.1 Å². The molecule has 0 bridgehead atoms. The van der Waals surface area contributed by atoms with Crippen LogP contribution in [0.25, 0.3) is 32.2 Å². The number of fused-ring (bicyclic) bond motifs is 3. The SMILES string of the molecule is C=CC(=O)N1CC[C@H](Oc2nc(OC[C@@]34CCCN3C[C@H](F)C4)nc3c(F)c(-c4ccc(F)c5sc(N)nc45)c(Cl)cc23)C1. The molecule has 9 nitrogen and oxygen atoms in total. The number of aromatic nitrogens is 3. The molecule has 3 aliphatic heterocycles. The van der Waals surface area contributed by atoms with Crippen LogP contribution in [0.1, 0.15) is 25.7 Å². The lowest BCUT2D eigenvalue weighted by atomic mass is 9.95. The topological polar surface area (TPSA) is 107 Å². The van der Waals surface area contributed by atoms with Crippen molar-refractivity contribution < 1.29 is 27.4 Å². The maximum Gasteiger partial charge on any atom is 0.320 e. The van der Waals surface area contributed by atoms with Gasteiger partial charge in [-0.2, -0.15) is 9.97 Å². The molecule has 14 heteroatoms. The number of hydrogen-bond donors (Lipinski definition) is 1. The summed E-state index contributed by atoms with van der Waals surface area (Å²) in [5.41, 5.74) is 5.64. The molecule has 1 amide bonds. The highest BCUT2D eigenvalue weighted by Gasteiger charge is 2.49. The molecule has 7 rings (SSSR count). The first-order valence-corrected chi connectivity index (χ1v) is 15.5. The maximum absolute atomic E-state index is 16.6. The number of alkyl halides is 1. The zero-order valence-electron chi connectivity index (χ0n) is 23.5. The molecule has 5 heterocycles. The maximum atomic E-state index is 16.6. The van der Waals surface area contributed by atoms with Crippen LogP contribution in [0.2, 0.25) is 5.02 Å². The molecule has 2 aromatic carbocycles. The van der Waals surface area contributed by atoms with E-state index < -0.39 is 29.4 Å². The molecule has 0 radical (unpaired) electrons. The predicted molar refractivity (Wildman–Crippen MR) is 162 cm³/mol. The van der Waals surface area contributed by atoms with Crippen LogP contribution in [-0.4, -0.2) is 81.3 Å². The molecule has 0 spiro atoms. The van der Waals surface area contributed by atoms with E-state index in [0.717, 1.165) is 30.7 Å². The summed E-state index contributed by atoms with van der Waals surface area (Å²) in [5, 5.41) is 0.325. The number of nitrogens with zero attached hydrogens (tertiary/aromatic N) is 5. The number of nitrogen functional groups attached to an aromatic ring is 1. The third kappa shape index (κ3) is 4.90. The van der Waals surface area contributed by atoms with Crippen molar-refractivity contribution in [2.24, 2.45) is 0 Å². The Hall–Kier alpha value is -3.68. The lowest BCUT2D eigenvalue weighted by Crippen LogP contribution is -2.43. The third-order valence-corrected chi connectivity index (χ3v) is 9.94. The van der Waals surface area contributed by atoms with Crippen LogP contribution in [0.5, 0.6) is 11.9 Å². The van der Waals surface area contributed by atoms with Gasteiger partial charge in [0.25, 0.3) is 0 Å². The van der Waals surface area contributed by atoms with Crippen molar-refractivity contribution in [2.75, 3.05) is 38.5 Å². The highest BCUT2D eigenvalue weighted by molar-refractivity contribution is 7.22. The zero-order valence-corrected chi connectivity index (χ0v) is 25.1. The van der Waals surface area contributed by atoms with Crippen molar-refractivity contribution in [3.8, 4) is 23.0 Å². The van der Waals surface area contributed by atoms with Gasteiger partial charge in [-0.1, -0.05) is 29.5 Å². The predicted octanol–water partition coefficient (Wildman–Crippen LogP) is 5.54. The number of benzene rings is 2. The second-order valence-electron chi connectivity index (χ2n) is 11.5. The summed E-state index contributed by atoms with van der Waals surface area (Å²) < 4.78 is 58.0. The Bertz CT molecular complexity index is 1820. The van der Waals surface area contributed by atoms with Gasteiger partial charge in [-0.3, -0.25) is 9.69 Å². The number of anilines is 1. The van der Waals surface area contributed by atoms with Gasteiger partial charge in [0, 0.05) is 37.1 Å². The average molecular weight is 645 g/mol. The van der Waals surface area contributed by atoms with Crippen molar-refractivity contribution in [1.82, 2.24) is 24.8 Å². The summed E-state index contributed by atoms with van der Waals surface area (Å²) in [7, 11) is 0. The number of amides is 1. The van der Waals surface area contributed by atoms with Crippen LogP contribution in [0.15, 0.2) is 30.9 Å². The highest BCUT2D eigenvalue weighted by atomic mass is 35.5. The second-order valence-corrected chi connectivity index (χ2v) is 12.9. The minimum atomic E-state index is -0.951. The number of carbonyl (C=O) groups is 1. The summed E-state index contributed by atoms with van der Waals surface area (Å²) in [6.07, 6.45) is 2.40. The van der Waals surface area contributed by atoms with Gasteiger partial charge in [-0.25, -0.2) is 18.2 Å². The number of rotatable bonds is 7. The lowest BCUT2D eigenvalue weighted by Gasteiger charge is -2.30. The van der Waals surface area contributed by atoms with Gasteiger partial charge in [-0.15, -0.1) is 0 Å². The number of thiazole rings is 1. The van der Waals surface area contributed by atoms with E-state index in [2.05, 4.69) is 26.4 Å². The second kappa shape index (κ2) is 11.0. The van der Waals surface area contributed by atoms with Crippen molar-refractivity contribution in [1.29, 1.82) is 0 Å². The van der Waals surface area contributed by atoms with Gasteiger partial charge in [0.2, 0.25) is 11.8 Å².